The van der Waals surface area contributed by atoms with E-state index in [0.29, 0.717) is 0 Å². The summed E-state index contributed by atoms with van der Waals surface area (Å²) in [5, 5.41) is 0. The Morgan fingerprint density at radius 3 is 0.533 bits per heavy atom. The second-order valence-corrected chi connectivity index (χ2v) is 8.52. The molecule has 0 spiro atoms. The van der Waals surface area contributed by atoms with Crippen LogP contribution in [0.4, 0.5) is 105 Å². The van der Waals surface area contributed by atoms with Gasteiger partial charge in [-0.2, -0.15) is 87.8 Å². The van der Waals surface area contributed by atoms with Crippen molar-refractivity contribution in [3.63, 3.8) is 0 Å². The summed E-state index contributed by atoms with van der Waals surface area (Å²) in [6, 6.07) is 0. The summed E-state index contributed by atoms with van der Waals surface area (Å²) < 4.78 is 321. The highest BCUT2D eigenvalue weighted by Gasteiger charge is 2.64. The average Bonchev–Trinajstić information content (AvgIpc) is 2.83. The highest BCUT2D eigenvalue weighted by molar-refractivity contribution is 4.87. The Labute approximate surface area is 231 Å². The van der Waals surface area contributed by atoms with Crippen molar-refractivity contribution in [2.24, 2.45) is 5.41 Å². The van der Waals surface area contributed by atoms with Crippen LogP contribution in [0.15, 0.2) is 0 Å². The van der Waals surface area contributed by atoms with Gasteiger partial charge in [-0.3, -0.25) is 0 Å². The van der Waals surface area contributed by atoms with Gasteiger partial charge >= 0.3 is 49.1 Å². The van der Waals surface area contributed by atoms with Crippen molar-refractivity contribution >= 4 is 0 Å². The van der Waals surface area contributed by atoms with Crippen molar-refractivity contribution in [3.05, 3.63) is 0 Å². The van der Waals surface area contributed by atoms with Gasteiger partial charge < -0.3 is 18.9 Å². The molecule has 0 aromatic rings. The molecule has 0 N–H and O–H groups in total. The summed E-state index contributed by atoms with van der Waals surface area (Å²) in [5.74, 6) is 0. The van der Waals surface area contributed by atoms with E-state index in [4.69, 9.17) is 0 Å². The molecule has 4 nitrogen and oxygen atoms in total. The number of hydrogen-bond donors (Lipinski definition) is 0. The molecule has 0 aliphatic heterocycles. The van der Waals surface area contributed by atoms with Crippen LogP contribution < -0.4 is 0 Å². The van der Waals surface area contributed by atoms with E-state index in [0.717, 1.165) is 0 Å². The van der Waals surface area contributed by atoms with E-state index in [1.807, 2.05) is 0 Å². The van der Waals surface area contributed by atoms with E-state index in [1.165, 1.54) is 0 Å². The first kappa shape index (κ1) is 43.2. The van der Waals surface area contributed by atoms with Crippen LogP contribution >= 0.6 is 0 Å². The van der Waals surface area contributed by atoms with Crippen molar-refractivity contribution < 1.29 is 124 Å². The lowest BCUT2D eigenvalue weighted by Crippen LogP contribution is -2.54. The lowest BCUT2D eigenvalue weighted by Gasteiger charge is -2.38. The fourth-order valence-electron chi connectivity index (χ4n) is 2.30. The van der Waals surface area contributed by atoms with Crippen LogP contribution in [0, 0.1) is 5.41 Å². The van der Waals surface area contributed by atoms with E-state index in [1.54, 1.807) is 0 Å². The SMILES string of the molecule is FC(C(F)(F)F)C(F)(F)OCC(COC(F)(F)C(F)C(F)(F)F)(COC(F)(F)C(F)C(F)(F)F)COC(F)(F)C(F)C(F)(F)F. The highest BCUT2D eigenvalue weighted by atomic mass is 19.4. The van der Waals surface area contributed by atoms with E-state index < -0.39 is 106 Å². The molecule has 0 aliphatic rings. The molecule has 0 aromatic heterocycles. The van der Waals surface area contributed by atoms with Crippen molar-refractivity contribution in [2.45, 2.75) is 73.8 Å². The van der Waals surface area contributed by atoms with Gasteiger partial charge in [0.1, 0.15) is 0 Å². The molecule has 0 amide bonds. The zero-order valence-corrected chi connectivity index (χ0v) is 20.3. The monoisotopic (exact) mass is 736 g/mol. The molecule has 45 heavy (non-hydrogen) atoms. The molecule has 0 radical (unpaired) electrons. The minimum Gasteiger partial charge on any atom is -0.317 e. The maximum Gasteiger partial charge on any atom is 0.428 e. The van der Waals surface area contributed by atoms with Crippen LogP contribution in [0.2, 0.25) is 0 Å². The molecule has 0 saturated carbocycles. The van der Waals surface area contributed by atoms with E-state index in [-0.39, 0.29) is 0 Å². The van der Waals surface area contributed by atoms with Gasteiger partial charge in [0, 0.05) is 0 Å². The summed E-state index contributed by atoms with van der Waals surface area (Å²) >= 11 is 0. The highest BCUT2D eigenvalue weighted by Crippen LogP contribution is 2.43. The molecule has 0 heterocycles. The lowest BCUT2D eigenvalue weighted by molar-refractivity contribution is -0.381. The zero-order valence-electron chi connectivity index (χ0n) is 20.3. The molecule has 28 heteroatoms. The molecular formula is C17H12F24O4. The van der Waals surface area contributed by atoms with Crippen molar-refractivity contribution in [3.8, 4) is 0 Å². The fourth-order valence-corrected chi connectivity index (χ4v) is 2.30. The van der Waals surface area contributed by atoms with Crippen LogP contribution in [0.5, 0.6) is 0 Å². The minimum atomic E-state index is -6.70. The Kier molecular flexibility index (Phi) is 13.2. The maximum atomic E-state index is 13.6. The van der Waals surface area contributed by atoms with Gasteiger partial charge in [0.2, 0.25) is 0 Å². The maximum absolute atomic E-state index is 13.6. The number of hydrogen-bond acceptors (Lipinski definition) is 4. The van der Waals surface area contributed by atoms with E-state index >= 15 is 0 Å². The van der Waals surface area contributed by atoms with Gasteiger partial charge in [0.25, 0.3) is 24.7 Å². The lowest BCUT2D eigenvalue weighted by atomic mass is 9.91. The van der Waals surface area contributed by atoms with Crippen LogP contribution in [0.25, 0.3) is 0 Å². The Morgan fingerprint density at radius 2 is 0.422 bits per heavy atom. The number of halogens is 24. The van der Waals surface area contributed by atoms with Gasteiger partial charge in [0.05, 0.1) is 31.8 Å². The van der Waals surface area contributed by atoms with E-state index in [9.17, 15) is 105 Å². The van der Waals surface area contributed by atoms with Gasteiger partial charge in [-0.1, -0.05) is 0 Å². The summed E-state index contributed by atoms with van der Waals surface area (Å²) in [7, 11) is 0. The second-order valence-electron chi connectivity index (χ2n) is 8.52. The average molecular weight is 736 g/mol. The van der Waals surface area contributed by atoms with Gasteiger partial charge in [0.15, 0.2) is 0 Å². The smallest absolute Gasteiger partial charge is 0.317 e. The van der Waals surface area contributed by atoms with Crippen molar-refractivity contribution in [2.75, 3.05) is 26.4 Å². The summed E-state index contributed by atoms with van der Waals surface area (Å²) in [6.45, 7) is -12.9. The molecule has 272 valence electrons. The second kappa shape index (κ2) is 13.7. The molecule has 0 bridgehead atoms. The normalized spacial score (nSPS) is 19.2. The molecule has 4 unspecified atom stereocenters. The summed E-state index contributed by atoms with van der Waals surface area (Å²) in [4.78, 5) is 0. The van der Waals surface area contributed by atoms with Crippen LogP contribution in [0.3, 0.4) is 0 Å². The third-order valence-corrected chi connectivity index (χ3v) is 4.61. The first-order chi connectivity index (χ1) is 19.4. The zero-order chi connectivity index (χ0) is 36.5. The Bertz CT molecular complexity index is 773. The summed E-state index contributed by atoms with van der Waals surface area (Å²) in [5.41, 5.74) is -4.58. The van der Waals surface area contributed by atoms with Gasteiger partial charge in [-0.25, -0.2) is 17.6 Å². The minimum absolute atomic E-state index is 2.91. The quantitative estimate of drug-likeness (QED) is 0.151. The standard InChI is InChI=1S/C17H12F24O4/c18-5(10(22,23)24)14(34,35)42-1-9(2-43-15(36,37)6(19)11(25,26)27,3-44-16(38,39)7(20)12(28,29)30)4-45-17(40,41)8(21)13(31,32)33/h5-8H,1-4H2. The predicted molar refractivity (Wildman–Crippen MR) is 89.8 cm³/mol. The Hall–Kier alpha value is -1.84. The van der Waals surface area contributed by atoms with Crippen LogP contribution in [-0.4, -0.2) is 100 Å². The van der Waals surface area contributed by atoms with Crippen molar-refractivity contribution in [1.82, 2.24) is 0 Å². The largest absolute Gasteiger partial charge is 0.428 e. The Morgan fingerprint density at radius 1 is 0.289 bits per heavy atom. The molecule has 0 saturated heterocycles. The Balaban J connectivity index is 6.96. The molecule has 0 aliphatic carbocycles. The summed E-state index contributed by atoms with van der Waals surface area (Å²) in [6.07, 6.45) is -74.9. The molecule has 4 atom stereocenters. The fraction of sp³-hybridized carbons (Fsp3) is 1.00. The van der Waals surface area contributed by atoms with Crippen molar-refractivity contribution in [1.29, 1.82) is 0 Å². The van der Waals surface area contributed by atoms with Crippen LogP contribution in [-0.2, 0) is 18.9 Å². The van der Waals surface area contributed by atoms with E-state index in [2.05, 4.69) is 18.9 Å². The molecule has 0 fully saturated rings. The predicted octanol–water partition coefficient (Wildman–Crippen LogP) is 8.01. The molecular weight excluding hydrogens is 724 g/mol. The molecule has 0 aromatic carbocycles. The van der Waals surface area contributed by atoms with Crippen LogP contribution in [0.1, 0.15) is 0 Å². The molecule has 0 rings (SSSR count). The third kappa shape index (κ3) is 12.4. The first-order valence-electron chi connectivity index (χ1n) is 10.3. The number of rotatable bonds is 16. The van der Waals surface area contributed by atoms with Gasteiger partial charge in [-0.15, -0.1) is 0 Å². The topological polar surface area (TPSA) is 36.9 Å². The number of ether oxygens (including phenoxy) is 4. The third-order valence-electron chi connectivity index (χ3n) is 4.61. The first-order valence-corrected chi connectivity index (χ1v) is 10.3. The van der Waals surface area contributed by atoms with Gasteiger partial charge in [-0.05, 0) is 0 Å². The number of alkyl halides is 24.